The molecule has 0 amide bonds. The van der Waals surface area contributed by atoms with Gasteiger partial charge in [-0.25, -0.2) is 0 Å². The molecule has 0 fully saturated rings. The topological polar surface area (TPSA) is 43.1 Å². The fourth-order valence-corrected chi connectivity index (χ4v) is 1.29. The number of aldehydes is 1. The Kier molecular flexibility index (Phi) is 2.84. The van der Waals surface area contributed by atoms with Crippen LogP contribution in [0.5, 0.6) is 0 Å². The highest BCUT2D eigenvalue weighted by atomic mass is 79.9. The van der Waals surface area contributed by atoms with E-state index in [0.717, 1.165) is 12.1 Å². The molecule has 2 N–H and O–H groups in total. The molecule has 0 atom stereocenters. The SMILES string of the molecule is Nc1cc(C=O)c(C(F)(F)F)cc1Br. The predicted octanol–water partition coefficient (Wildman–Crippen LogP) is 2.86. The first-order valence-electron chi connectivity index (χ1n) is 3.47. The summed E-state index contributed by atoms with van der Waals surface area (Å²) in [6.07, 6.45) is -4.42. The summed E-state index contributed by atoms with van der Waals surface area (Å²) >= 11 is 2.86. The van der Waals surface area contributed by atoms with Crippen molar-refractivity contribution in [1.29, 1.82) is 0 Å². The molecule has 0 unspecified atom stereocenters. The van der Waals surface area contributed by atoms with Gasteiger partial charge in [0.15, 0.2) is 6.29 Å². The standard InChI is InChI=1S/C8H5BrF3NO/c9-6-2-5(8(10,11)12)4(3-14)1-7(6)13/h1-3H,13H2. The van der Waals surface area contributed by atoms with E-state index < -0.39 is 17.3 Å². The molecule has 1 rings (SSSR count). The smallest absolute Gasteiger partial charge is 0.398 e. The van der Waals surface area contributed by atoms with E-state index in [1.807, 2.05) is 0 Å². The third-order valence-corrected chi connectivity index (χ3v) is 2.29. The average Bonchev–Trinajstić information content (AvgIpc) is 2.07. The Labute approximate surface area is 86.0 Å². The van der Waals surface area contributed by atoms with E-state index >= 15 is 0 Å². The summed E-state index contributed by atoms with van der Waals surface area (Å²) in [6, 6.07) is 1.78. The van der Waals surface area contributed by atoms with Crippen molar-refractivity contribution >= 4 is 27.9 Å². The van der Waals surface area contributed by atoms with Crippen LogP contribution in [0.15, 0.2) is 16.6 Å². The highest BCUT2D eigenvalue weighted by molar-refractivity contribution is 9.10. The average molecular weight is 268 g/mol. The Bertz CT molecular complexity index is 376. The number of halogens is 4. The fraction of sp³-hybridized carbons (Fsp3) is 0.125. The number of nitrogens with two attached hydrogens (primary N) is 1. The second-order valence-electron chi connectivity index (χ2n) is 2.58. The van der Waals surface area contributed by atoms with Gasteiger partial charge in [0.05, 0.1) is 5.56 Å². The van der Waals surface area contributed by atoms with E-state index in [4.69, 9.17) is 5.73 Å². The third-order valence-electron chi connectivity index (χ3n) is 1.60. The van der Waals surface area contributed by atoms with Gasteiger partial charge in [-0.2, -0.15) is 13.2 Å². The van der Waals surface area contributed by atoms with Crippen molar-refractivity contribution in [3.8, 4) is 0 Å². The Morgan fingerprint density at radius 1 is 1.36 bits per heavy atom. The highest BCUT2D eigenvalue weighted by Gasteiger charge is 2.33. The van der Waals surface area contributed by atoms with Crippen molar-refractivity contribution in [1.82, 2.24) is 0 Å². The van der Waals surface area contributed by atoms with Crippen molar-refractivity contribution in [2.75, 3.05) is 5.73 Å². The molecule has 6 heteroatoms. The zero-order valence-electron chi connectivity index (χ0n) is 6.73. The number of carbonyl (C=O) groups is 1. The number of anilines is 1. The van der Waals surface area contributed by atoms with Crippen LogP contribution in [0, 0.1) is 0 Å². The van der Waals surface area contributed by atoms with E-state index in [-0.39, 0.29) is 16.4 Å². The molecule has 1 aromatic carbocycles. The molecule has 0 aliphatic heterocycles. The Morgan fingerprint density at radius 2 is 1.93 bits per heavy atom. The van der Waals surface area contributed by atoms with Crippen molar-refractivity contribution in [3.63, 3.8) is 0 Å². The molecular formula is C8H5BrF3NO. The van der Waals surface area contributed by atoms with Gasteiger partial charge in [0.1, 0.15) is 0 Å². The van der Waals surface area contributed by atoms with Gasteiger partial charge in [-0.15, -0.1) is 0 Å². The Hall–Kier alpha value is -1.04. The maximum absolute atomic E-state index is 12.3. The number of benzene rings is 1. The molecule has 1 aromatic rings. The van der Waals surface area contributed by atoms with Crippen molar-refractivity contribution < 1.29 is 18.0 Å². The monoisotopic (exact) mass is 267 g/mol. The molecule has 0 saturated heterocycles. The minimum absolute atomic E-state index is 0.0973. The summed E-state index contributed by atoms with van der Waals surface area (Å²) < 4.78 is 37.1. The van der Waals surface area contributed by atoms with Gasteiger partial charge in [0.2, 0.25) is 0 Å². The summed E-state index contributed by atoms with van der Waals surface area (Å²) in [5.74, 6) is 0. The molecular weight excluding hydrogens is 263 g/mol. The zero-order chi connectivity index (χ0) is 10.9. The molecule has 0 saturated carbocycles. The van der Waals surface area contributed by atoms with Crippen molar-refractivity contribution in [2.45, 2.75) is 6.18 Å². The Balaban J connectivity index is 3.42. The fourth-order valence-electron chi connectivity index (χ4n) is 0.951. The van der Waals surface area contributed by atoms with Crippen LogP contribution in [-0.2, 0) is 6.18 Å². The summed E-state index contributed by atoms with van der Waals surface area (Å²) in [5.41, 5.74) is 3.98. The molecule has 0 radical (unpaired) electrons. The van der Waals surface area contributed by atoms with Crippen LogP contribution in [0.1, 0.15) is 15.9 Å². The largest absolute Gasteiger partial charge is 0.417 e. The lowest BCUT2D eigenvalue weighted by Gasteiger charge is -2.10. The van der Waals surface area contributed by atoms with Crippen molar-refractivity contribution in [3.05, 3.63) is 27.7 Å². The van der Waals surface area contributed by atoms with E-state index in [2.05, 4.69) is 15.9 Å². The first-order valence-corrected chi connectivity index (χ1v) is 4.27. The van der Waals surface area contributed by atoms with Crippen LogP contribution in [0.2, 0.25) is 0 Å². The van der Waals surface area contributed by atoms with E-state index in [9.17, 15) is 18.0 Å². The first kappa shape index (κ1) is 11.0. The first-order chi connectivity index (χ1) is 6.36. The molecule has 0 heterocycles. The zero-order valence-corrected chi connectivity index (χ0v) is 8.32. The van der Waals surface area contributed by atoms with Gasteiger partial charge in [-0.05, 0) is 28.1 Å². The van der Waals surface area contributed by atoms with Crippen molar-refractivity contribution in [2.24, 2.45) is 0 Å². The number of nitrogen functional groups attached to an aromatic ring is 1. The predicted molar refractivity (Wildman–Crippen MR) is 48.9 cm³/mol. The molecule has 14 heavy (non-hydrogen) atoms. The van der Waals surface area contributed by atoms with Gasteiger partial charge in [0, 0.05) is 15.7 Å². The number of alkyl halides is 3. The van der Waals surface area contributed by atoms with Crippen LogP contribution in [0.3, 0.4) is 0 Å². The number of hydrogen-bond acceptors (Lipinski definition) is 2. The third kappa shape index (κ3) is 2.06. The number of rotatable bonds is 1. The van der Waals surface area contributed by atoms with E-state index in [1.54, 1.807) is 0 Å². The summed E-state index contributed by atoms with van der Waals surface area (Å²) in [7, 11) is 0. The summed E-state index contributed by atoms with van der Waals surface area (Å²) in [6.45, 7) is 0. The Morgan fingerprint density at radius 3 is 2.36 bits per heavy atom. The normalized spacial score (nSPS) is 11.4. The minimum atomic E-state index is -4.55. The lowest BCUT2D eigenvalue weighted by molar-refractivity contribution is -0.137. The van der Waals surface area contributed by atoms with Gasteiger partial charge in [0.25, 0.3) is 0 Å². The molecule has 0 aliphatic rings. The maximum atomic E-state index is 12.3. The van der Waals surface area contributed by atoms with Crippen LogP contribution in [0.4, 0.5) is 18.9 Å². The van der Waals surface area contributed by atoms with Gasteiger partial charge >= 0.3 is 6.18 Å². The highest BCUT2D eigenvalue weighted by Crippen LogP contribution is 2.35. The van der Waals surface area contributed by atoms with Crippen LogP contribution in [0.25, 0.3) is 0 Å². The summed E-state index contributed by atoms with van der Waals surface area (Å²) in [4.78, 5) is 10.4. The number of carbonyl (C=O) groups excluding carboxylic acids is 1. The lowest BCUT2D eigenvalue weighted by Crippen LogP contribution is -2.09. The molecule has 0 aromatic heterocycles. The van der Waals surface area contributed by atoms with Gasteiger partial charge in [-0.1, -0.05) is 0 Å². The van der Waals surface area contributed by atoms with Gasteiger partial charge in [-0.3, -0.25) is 4.79 Å². The second-order valence-corrected chi connectivity index (χ2v) is 3.43. The second kappa shape index (κ2) is 3.61. The quantitative estimate of drug-likeness (QED) is 0.628. The lowest BCUT2D eigenvalue weighted by atomic mass is 10.1. The molecule has 0 aliphatic carbocycles. The van der Waals surface area contributed by atoms with E-state index in [0.29, 0.717) is 0 Å². The molecule has 0 spiro atoms. The summed E-state index contributed by atoms with van der Waals surface area (Å²) in [5, 5.41) is 0. The molecule has 2 nitrogen and oxygen atoms in total. The maximum Gasteiger partial charge on any atom is 0.417 e. The molecule has 76 valence electrons. The van der Waals surface area contributed by atoms with Crippen LogP contribution in [-0.4, -0.2) is 6.29 Å². The van der Waals surface area contributed by atoms with Crippen LogP contribution < -0.4 is 5.73 Å². The molecule has 0 bridgehead atoms. The minimum Gasteiger partial charge on any atom is -0.398 e. The van der Waals surface area contributed by atoms with Gasteiger partial charge < -0.3 is 5.73 Å². The number of hydrogen-bond donors (Lipinski definition) is 1. The van der Waals surface area contributed by atoms with E-state index in [1.165, 1.54) is 0 Å². The van der Waals surface area contributed by atoms with Crippen LogP contribution >= 0.6 is 15.9 Å².